The monoisotopic (exact) mass is 291 g/mol. The fourth-order valence-electron chi connectivity index (χ4n) is 1.25. The Labute approximate surface area is 102 Å². The molecule has 15 heavy (non-hydrogen) atoms. The third kappa shape index (κ3) is 2.93. The second kappa shape index (κ2) is 5.49. The van der Waals surface area contributed by atoms with Gasteiger partial charge in [0.05, 0.1) is 7.11 Å². The molecule has 0 aliphatic carbocycles. The van der Waals surface area contributed by atoms with E-state index >= 15 is 0 Å². The van der Waals surface area contributed by atoms with Crippen molar-refractivity contribution in [3.63, 3.8) is 0 Å². The van der Waals surface area contributed by atoms with Gasteiger partial charge < -0.3 is 10.1 Å². The maximum Gasteiger partial charge on any atom is 0.327 e. The van der Waals surface area contributed by atoms with Crippen LogP contribution in [0.4, 0.5) is 0 Å². The molecule has 1 atom stereocenters. The number of carbonyl (C=O) groups excluding carboxylic acids is 1. The molecule has 82 valence electrons. The number of nitrogens with one attached hydrogen (secondary N) is 1. The molecule has 0 bridgehead atoms. The molecule has 1 N–H and O–H groups in total. The van der Waals surface area contributed by atoms with Crippen molar-refractivity contribution < 1.29 is 9.53 Å². The van der Waals surface area contributed by atoms with Crippen LogP contribution in [0.1, 0.15) is 11.6 Å². The topological polar surface area (TPSA) is 38.3 Å². The van der Waals surface area contributed by atoms with E-state index in [1.165, 1.54) is 7.11 Å². The molecule has 0 spiro atoms. The Morgan fingerprint density at radius 2 is 2.27 bits per heavy atom. The smallest absolute Gasteiger partial charge is 0.327 e. The van der Waals surface area contributed by atoms with Crippen molar-refractivity contribution in [2.45, 2.75) is 6.04 Å². The number of hydrogen-bond acceptors (Lipinski definition) is 3. The highest BCUT2D eigenvalue weighted by molar-refractivity contribution is 9.10. The van der Waals surface area contributed by atoms with Crippen molar-refractivity contribution in [1.82, 2.24) is 5.32 Å². The third-order valence-corrected chi connectivity index (χ3v) is 2.83. The summed E-state index contributed by atoms with van der Waals surface area (Å²) in [7, 11) is 3.03. The number of ether oxygens (including phenoxy) is 1. The number of likely N-dealkylation sites (N-methyl/N-ethyl adjacent to an activating group) is 1. The molecule has 5 heteroatoms. The summed E-state index contributed by atoms with van der Waals surface area (Å²) in [6.45, 7) is 0. The van der Waals surface area contributed by atoms with Gasteiger partial charge in [-0.15, -0.1) is 0 Å². The predicted molar refractivity (Wildman–Crippen MR) is 63.0 cm³/mol. The SMILES string of the molecule is CNC(C(=O)OC)c1cc(Br)ccc1Cl. The fourth-order valence-corrected chi connectivity index (χ4v) is 1.86. The van der Waals surface area contributed by atoms with Crippen LogP contribution in [-0.4, -0.2) is 20.1 Å². The standard InChI is InChI=1S/C10H11BrClNO2/c1-13-9(10(14)15-2)7-5-6(11)3-4-8(7)12/h3-5,9,13H,1-2H3. The van der Waals surface area contributed by atoms with E-state index in [9.17, 15) is 4.79 Å². The molecular formula is C10H11BrClNO2. The summed E-state index contributed by atoms with van der Waals surface area (Å²) >= 11 is 9.33. The van der Waals surface area contributed by atoms with Crippen LogP contribution in [-0.2, 0) is 9.53 Å². The minimum Gasteiger partial charge on any atom is -0.468 e. The number of methoxy groups -OCH3 is 1. The zero-order valence-electron chi connectivity index (χ0n) is 8.38. The average molecular weight is 293 g/mol. The van der Waals surface area contributed by atoms with Crippen molar-refractivity contribution in [2.75, 3.05) is 14.2 Å². The van der Waals surface area contributed by atoms with Crippen molar-refractivity contribution in [1.29, 1.82) is 0 Å². The molecule has 0 saturated heterocycles. The van der Waals surface area contributed by atoms with Gasteiger partial charge in [0.25, 0.3) is 0 Å². The first-order valence-corrected chi connectivity index (χ1v) is 5.47. The van der Waals surface area contributed by atoms with Crippen LogP contribution in [0.2, 0.25) is 5.02 Å². The van der Waals surface area contributed by atoms with Crippen LogP contribution in [0, 0.1) is 0 Å². The number of rotatable bonds is 3. The molecule has 0 aliphatic rings. The van der Waals surface area contributed by atoms with E-state index in [1.807, 2.05) is 6.07 Å². The molecule has 0 amide bonds. The van der Waals surface area contributed by atoms with Gasteiger partial charge in [-0.1, -0.05) is 27.5 Å². The zero-order chi connectivity index (χ0) is 11.4. The Kier molecular flexibility index (Phi) is 4.57. The summed E-state index contributed by atoms with van der Waals surface area (Å²) in [5.41, 5.74) is 0.695. The van der Waals surface area contributed by atoms with Gasteiger partial charge in [-0.05, 0) is 30.8 Å². The van der Waals surface area contributed by atoms with Crippen molar-refractivity contribution in [2.24, 2.45) is 0 Å². The minimum absolute atomic E-state index is 0.363. The quantitative estimate of drug-likeness (QED) is 0.870. The van der Waals surface area contributed by atoms with Crippen LogP contribution in [0.5, 0.6) is 0 Å². The first-order chi connectivity index (χ1) is 7.10. The summed E-state index contributed by atoms with van der Waals surface area (Å²) in [4.78, 5) is 11.4. The molecule has 1 aromatic rings. The molecule has 0 radical (unpaired) electrons. The Morgan fingerprint density at radius 1 is 1.60 bits per heavy atom. The van der Waals surface area contributed by atoms with Gasteiger partial charge >= 0.3 is 5.97 Å². The van der Waals surface area contributed by atoms with Gasteiger partial charge in [0, 0.05) is 9.50 Å². The molecule has 0 aliphatic heterocycles. The van der Waals surface area contributed by atoms with Gasteiger partial charge in [0.1, 0.15) is 6.04 Å². The van der Waals surface area contributed by atoms with E-state index in [0.717, 1.165) is 4.47 Å². The largest absolute Gasteiger partial charge is 0.468 e. The Morgan fingerprint density at radius 3 is 2.80 bits per heavy atom. The summed E-state index contributed by atoms with van der Waals surface area (Å²) in [5.74, 6) is -0.363. The van der Waals surface area contributed by atoms with E-state index < -0.39 is 6.04 Å². The lowest BCUT2D eigenvalue weighted by Crippen LogP contribution is -2.26. The maximum atomic E-state index is 11.4. The summed E-state index contributed by atoms with van der Waals surface area (Å²) in [6, 6.07) is 4.80. The molecule has 3 nitrogen and oxygen atoms in total. The molecule has 1 aromatic carbocycles. The maximum absolute atomic E-state index is 11.4. The lowest BCUT2D eigenvalue weighted by atomic mass is 10.1. The Bertz CT molecular complexity index is 370. The normalized spacial score (nSPS) is 12.3. The van der Waals surface area contributed by atoms with Crippen LogP contribution in [0.3, 0.4) is 0 Å². The van der Waals surface area contributed by atoms with Crippen molar-refractivity contribution in [3.05, 3.63) is 33.3 Å². The predicted octanol–water partition coefficient (Wildman–Crippen LogP) is 2.54. The second-order valence-electron chi connectivity index (χ2n) is 2.91. The molecule has 0 heterocycles. The number of benzene rings is 1. The first kappa shape index (κ1) is 12.5. The number of carbonyl (C=O) groups is 1. The van der Waals surface area contributed by atoms with E-state index in [-0.39, 0.29) is 5.97 Å². The lowest BCUT2D eigenvalue weighted by molar-refractivity contribution is -0.143. The zero-order valence-corrected chi connectivity index (χ0v) is 10.7. The number of hydrogen-bond donors (Lipinski definition) is 1. The van der Waals surface area contributed by atoms with Gasteiger partial charge in [0.2, 0.25) is 0 Å². The second-order valence-corrected chi connectivity index (χ2v) is 4.23. The number of esters is 1. The summed E-state index contributed by atoms with van der Waals surface area (Å²) in [5, 5.41) is 3.39. The van der Waals surface area contributed by atoms with E-state index in [4.69, 9.17) is 11.6 Å². The Hall–Kier alpha value is -0.580. The highest BCUT2D eigenvalue weighted by atomic mass is 79.9. The molecule has 0 saturated carbocycles. The highest BCUT2D eigenvalue weighted by Gasteiger charge is 2.21. The Balaban J connectivity index is 3.11. The third-order valence-electron chi connectivity index (χ3n) is 1.99. The van der Waals surface area contributed by atoms with E-state index in [0.29, 0.717) is 10.6 Å². The summed E-state index contributed by atoms with van der Waals surface area (Å²) in [6.07, 6.45) is 0. The van der Waals surface area contributed by atoms with Crippen LogP contribution in [0.15, 0.2) is 22.7 Å². The molecule has 0 aromatic heterocycles. The van der Waals surface area contributed by atoms with Crippen LogP contribution < -0.4 is 5.32 Å². The van der Waals surface area contributed by atoms with Crippen LogP contribution >= 0.6 is 27.5 Å². The highest BCUT2D eigenvalue weighted by Crippen LogP contribution is 2.27. The molecular weight excluding hydrogens is 281 g/mol. The van der Waals surface area contributed by atoms with Crippen molar-refractivity contribution in [3.8, 4) is 0 Å². The van der Waals surface area contributed by atoms with E-state index in [2.05, 4.69) is 26.0 Å². The van der Waals surface area contributed by atoms with Crippen molar-refractivity contribution >= 4 is 33.5 Å². The van der Waals surface area contributed by atoms with Gasteiger partial charge in [-0.2, -0.15) is 0 Å². The van der Waals surface area contributed by atoms with Crippen LogP contribution in [0.25, 0.3) is 0 Å². The summed E-state index contributed by atoms with van der Waals surface area (Å²) < 4.78 is 5.54. The average Bonchev–Trinajstić information content (AvgIpc) is 2.23. The number of halogens is 2. The molecule has 0 fully saturated rings. The fraction of sp³-hybridized carbons (Fsp3) is 0.300. The lowest BCUT2D eigenvalue weighted by Gasteiger charge is -2.15. The van der Waals surface area contributed by atoms with Gasteiger partial charge in [0.15, 0.2) is 0 Å². The minimum atomic E-state index is -0.542. The van der Waals surface area contributed by atoms with Gasteiger partial charge in [-0.3, -0.25) is 0 Å². The molecule has 1 rings (SSSR count). The van der Waals surface area contributed by atoms with E-state index in [1.54, 1.807) is 19.2 Å². The van der Waals surface area contributed by atoms with Gasteiger partial charge in [-0.25, -0.2) is 4.79 Å². The first-order valence-electron chi connectivity index (χ1n) is 4.30. The molecule has 1 unspecified atom stereocenters.